The highest BCUT2D eigenvalue weighted by Crippen LogP contribution is 2.48. The monoisotopic (exact) mass is 499 g/mol. The molecule has 1 spiro atoms. The first-order valence-corrected chi connectivity index (χ1v) is 12.0. The van der Waals surface area contributed by atoms with Gasteiger partial charge in [0.25, 0.3) is 11.6 Å². The number of hydrogen-bond donors (Lipinski definition) is 1. The molecule has 1 unspecified atom stereocenters. The molecule has 2 amide bonds. The molecule has 1 aliphatic heterocycles. The number of nitrogens with zero attached hydrogens (tertiary/aromatic N) is 2. The van der Waals surface area contributed by atoms with E-state index in [1.807, 2.05) is 12.1 Å². The number of carbonyl (C=O) groups excluding carboxylic acids is 2. The Labute approximate surface area is 208 Å². The first-order chi connectivity index (χ1) is 17.1. The molecule has 1 saturated carbocycles. The summed E-state index contributed by atoms with van der Waals surface area (Å²) in [6, 6.07) is 8.96. The van der Waals surface area contributed by atoms with E-state index in [0.29, 0.717) is 18.6 Å². The number of halogens is 1. The number of benzene rings is 2. The maximum atomic E-state index is 14.8. The van der Waals surface area contributed by atoms with Gasteiger partial charge in [-0.2, -0.15) is 0 Å². The molecular weight excluding hydrogens is 469 g/mol. The van der Waals surface area contributed by atoms with E-state index >= 15 is 0 Å². The van der Waals surface area contributed by atoms with Crippen molar-refractivity contribution >= 4 is 17.5 Å². The van der Waals surface area contributed by atoms with Crippen molar-refractivity contribution in [2.45, 2.75) is 69.9 Å². The Morgan fingerprint density at radius 1 is 1.17 bits per heavy atom. The van der Waals surface area contributed by atoms with Gasteiger partial charge in [-0.15, -0.1) is 0 Å². The Bertz CT molecular complexity index is 1160. The van der Waals surface area contributed by atoms with Crippen LogP contribution in [-0.2, 0) is 16.1 Å². The van der Waals surface area contributed by atoms with E-state index in [0.717, 1.165) is 43.0 Å². The highest BCUT2D eigenvalue weighted by atomic mass is 19.1. The van der Waals surface area contributed by atoms with E-state index in [-0.39, 0.29) is 6.54 Å². The Morgan fingerprint density at radius 3 is 2.44 bits per heavy atom. The number of ether oxygens (including phenoxy) is 2. The molecule has 0 radical (unpaired) electrons. The van der Waals surface area contributed by atoms with Crippen LogP contribution in [0, 0.1) is 15.9 Å². The summed E-state index contributed by atoms with van der Waals surface area (Å²) in [7, 11) is 1.57. The van der Waals surface area contributed by atoms with Gasteiger partial charge < -0.3 is 14.8 Å². The molecule has 0 aromatic heterocycles. The average Bonchev–Trinajstić information content (AvgIpc) is 3.08. The zero-order valence-electron chi connectivity index (χ0n) is 20.6. The predicted molar refractivity (Wildman–Crippen MR) is 129 cm³/mol. The van der Waals surface area contributed by atoms with Crippen LogP contribution in [0.25, 0.3) is 0 Å². The summed E-state index contributed by atoms with van der Waals surface area (Å²) in [5.74, 6) is -1.45. The standard InChI is InChI=1S/C26H30FN3O6/c1-25(2)22(23(31)28-16-17-7-10-19(35-3)11-8-17)29(26(36-25)13-5-4-6-14-26)24(32)20-15-18(30(33)34)9-12-21(20)27/h7-12,15,22H,4-6,13-14,16H2,1-3H3,(H,28,31). The highest BCUT2D eigenvalue weighted by Gasteiger charge is 2.61. The molecule has 2 aromatic rings. The lowest BCUT2D eigenvalue weighted by molar-refractivity contribution is -0.384. The van der Waals surface area contributed by atoms with Gasteiger partial charge in [0.15, 0.2) is 0 Å². The van der Waals surface area contributed by atoms with Gasteiger partial charge >= 0.3 is 0 Å². The molecule has 1 aliphatic carbocycles. The van der Waals surface area contributed by atoms with Crippen LogP contribution in [0.2, 0.25) is 0 Å². The minimum atomic E-state index is -1.10. The fraction of sp³-hybridized carbons (Fsp3) is 0.462. The van der Waals surface area contributed by atoms with E-state index in [1.165, 1.54) is 4.90 Å². The molecule has 36 heavy (non-hydrogen) atoms. The van der Waals surface area contributed by atoms with Crippen LogP contribution in [0.15, 0.2) is 42.5 Å². The number of non-ortho nitro benzene ring substituents is 1. The molecule has 1 saturated heterocycles. The lowest BCUT2D eigenvalue weighted by Gasteiger charge is -2.41. The van der Waals surface area contributed by atoms with Crippen molar-refractivity contribution in [1.82, 2.24) is 10.2 Å². The maximum Gasteiger partial charge on any atom is 0.270 e. The summed E-state index contributed by atoms with van der Waals surface area (Å²) < 4.78 is 26.4. The van der Waals surface area contributed by atoms with Gasteiger partial charge in [-0.05, 0) is 63.3 Å². The van der Waals surface area contributed by atoms with Gasteiger partial charge in [0.1, 0.15) is 23.3 Å². The van der Waals surface area contributed by atoms with Crippen LogP contribution in [0.3, 0.4) is 0 Å². The first kappa shape index (κ1) is 25.6. The zero-order chi connectivity index (χ0) is 26.1. The molecule has 4 rings (SSSR count). The van der Waals surface area contributed by atoms with E-state index in [9.17, 15) is 24.1 Å². The second kappa shape index (κ2) is 9.85. The molecule has 192 valence electrons. The summed E-state index contributed by atoms with van der Waals surface area (Å²) in [6.45, 7) is 3.67. The van der Waals surface area contributed by atoms with Crippen molar-refractivity contribution in [3.63, 3.8) is 0 Å². The van der Waals surface area contributed by atoms with Crippen molar-refractivity contribution in [1.29, 1.82) is 0 Å². The fourth-order valence-corrected chi connectivity index (χ4v) is 5.27. The molecular formula is C26H30FN3O6. The summed E-state index contributed by atoms with van der Waals surface area (Å²) in [6.07, 6.45) is 3.48. The van der Waals surface area contributed by atoms with Crippen LogP contribution in [0.5, 0.6) is 5.75 Å². The van der Waals surface area contributed by atoms with Crippen LogP contribution < -0.4 is 10.1 Å². The van der Waals surface area contributed by atoms with Gasteiger partial charge in [0.2, 0.25) is 5.91 Å². The van der Waals surface area contributed by atoms with Gasteiger partial charge in [-0.1, -0.05) is 18.6 Å². The molecule has 2 fully saturated rings. The lowest BCUT2D eigenvalue weighted by atomic mass is 9.89. The van der Waals surface area contributed by atoms with Gasteiger partial charge in [0, 0.05) is 18.7 Å². The van der Waals surface area contributed by atoms with Crippen LogP contribution in [0.4, 0.5) is 10.1 Å². The molecule has 1 N–H and O–H groups in total. The molecule has 0 bridgehead atoms. The largest absolute Gasteiger partial charge is 0.497 e. The summed E-state index contributed by atoms with van der Waals surface area (Å²) in [5.41, 5.74) is -2.21. The minimum absolute atomic E-state index is 0.204. The van der Waals surface area contributed by atoms with Crippen LogP contribution in [-0.4, -0.2) is 46.1 Å². The third kappa shape index (κ3) is 4.77. The molecule has 10 heteroatoms. The van der Waals surface area contributed by atoms with Crippen molar-refractivity contribution in [3.05, 3.63) is 69.5 Å². The van der Waals surface area contributed by atoms with E-state index < -0.39 is 51.2 Å². The first-order valence-electron chi connectivity index (χ1n) is 12.0. The van der Waals surface area contributed by atoms with Gasteiger partial charge in [0.05, 0.1) is 23.2 Å². The number of hydrogen-bond acceptors (Lipinski definition) is 6. The number of nitrogens with one attached hydrogen (secondary N) is 1. The molecule has 2 aliphatic rings. The summed E-state index contributed by atoms with van der Waals surface area (Å²) in [5, 5.41) is 14.2. The number of carbonyl (C=O) groups is 2. The summed E-state index contributed by atoms with van der Waals surface area (Å²) >= 11 is 0. The van der Waals surface area contributed by atoms with E-state index in [2.05, 4.69) is 5.32 Å². The number of methoxy groups -OCH3 is 1. The van der Waals surface area contributed by atoms with E-state index in [1.54, 1.807) is 33.1 Å². The number of nitro groups is 1. The zero-order valence-corrected chi connectivity index (χ0v) is 20.6. The third-order valence-electron chi connectivity index (χ3n) is 6.93. The molecule has 1 heterocycles. The Balaban J connectivity index is 1.69. The van der Waals surface area contributed by atoms with Crippen molar-refractivity contribution in [3.8, 4) is 5.75 Å². The minimum Gasteiger partial charge on any atom is -0.497 e. The van der Waals surface area contributed by atoms with Crippen molar-refractivity contribution in [2.75, 3.05) is 7.11 Å². The molecule has 9 nitrogen and oxygen atoms in total. The third-order valence-corrected chi connectivity index (χ3v) is 6.93. The SMILES string of the molecule is COc1ccc(CNC(=O)C2N(C(=O)c3cc([N+](=O)[O-])ccc3F)C3(CCCCC3)OC2(C)C)cc1. The fourth-order valence-electron chi connectivity index (χ4n) is 5.27. The molecule has 1 atom stereocenters. The van der Waals surface area contributed by atoms with Crippen molar-refractivity contribution < 1.29 is 28.4 Å². The van der Waals surface area contributed by atoms with Gasteiger partial charge in [-0.25, -0.2) is 4.39 Å². The summed E-state index contributed by atoms with van der Waals surface area (Å²) in [4.78, 5) is 39.4. The van der Waals surface area contributed by atoms with Crippen LogP contribution >= 0.6 is 0 Å². The number of nitro benzene ring substituents is 1. The normalized spacial score (nSPS) is 20.2. The smallest absolute Gasteiger partial charge is 0.270 e. The quantitative estimate of drug-likeness (QED) is 0.468. The van der Waals surface area contributed by atoms with Crippen molar-refractivity contribution in [2.24, 2.45) is 0 Å². The Kier molecular flexibility index (Phi) is 6.99. The number of amides is 2. The second-order valence-corrected chi connectivity index (χ2v) is 9.78. The predicted octanol–water partition coefficient (Wildman–Crippen LogP) is 4.34. The molecule has 2 aromatic carbocycles. The van der Waals surface area contributed by atoms with E-state index in [4.69, 9.17) is 9.47 Å². The Hall–Kier alpha value is -3.53. The highest BCUT2D eigenvalue weighted by molar-refractivity contribution is 5.99. The lowest BCUT2D eigenvalue weighted by Crippen LogP contribution is -2.58. The Morgan fingerprint density at radius 2 is 1.83 bits per heavy atom. The maximum absolute atomic E-state index is 14.8. The second-order valence-electron chi connectivity index (χ2n) is 9.78. The average molecular weight is 500 g/mol. The van der Waals surface area contributed by atoms with Gasteiger partial charge in [-0.3, -0.25) is 24.6 Å². The van der Waals surface area contributed by atoms with Crippen LogP contribution in [0.1, 0.15) is 61.9 Å². The topological polar surface area (TPSA) is 111 Å². The number of rotatable bonds is 6.